The first-order valence-electron chi connectivity index (χ1n) is 6.07. The lowest BCUT2D eigenvalue weighted by Crippen LogP contribution is -2.45. The van der Waals surface area contributed by atoms with Gasteiger partial charge in [0.05, 0.1) is 25.0 Å². The number of nitrogens with one attached hydrogen (secondary N) is 1. The van der Waals surface area contributed by atoms with Gasteiger partial charge in [0.1, 0.15) is 5.56 Å². The van der Waals surface area contributed by atoms with E-state index in [1.807, 2.05) is 20.8 Å². The minimum absolute atomic E-state index is 0. The number of nitrogens with two attached hydrogens (primary N) is 2. The number of rotatable bonds is 4. The Hall–Kier alpha value is -1.57. The molecule has 0 saturated heterocycles. The van der Waals surface area contributed by atoms with Gasteiger partial charge in [0.25, 0.3) is 5.91 Å². The van der Waals surface area contributed by atoms with E-state index in [2.05, 4.69) is 10.3 Å². The Bertz CT molecular complexity index is 533. The number of methoxy groups -OCH3 is 1. The van der Waals surface area contributed by atoms with Gasteiger partial charge in [0.2, 0.25) is 11.8 Å². The van der Waals surface area contributed by atoms with E-state index >= 15 is 0 Å². The van der Waals surface area contributed by atoms with E-state index in [1.54, 1.807) is 0 Å². The first kappa shape index (κ1) is 22.7. The number of pyridine rings is 1. The predicted octanol–water partition coefficient (Wildman–Crippen LogP) is 1.34. The van der Waals surface area contributed by atoms with Gasteiger partial charge in [-0.05, 0) is 11.5 Å². The van der Waals surface area contributed by atoms with Crippen molar-refractivity contribution in [2.75, 3.05) is 12.4 Å². The summed E-state index contributed by atoms with van der Waals surface area (Å²) >= 11 is 0. The second-order valence-corrected chi connectivity index (χ2v) is 5.48. The number of ether oxygens (including phenoxy) is 1. The van der Waals surface area contributed by atoms with Crippen molar-refractivity contribution < 1.29 is 14.3 Å². The maximum absolute atomic E-state index is 12.0. The highest BCUT2D eigenvalue weighted by atomic mass is 35.5. The number of primary amides is 1. The van der Waals surface area contributed by atoms with Gasteiger partial charge in [-0.3, -0.25) is 9.59 Å². The third-order valence-electron chi connectivity index (χ3n) is 2.79. The van der Waals surface area contributed by atoms with Crippen LogP contribution < -0.4 is 21.5 Å². The third kappa shape index (κ3) is 5.67. The number of carbonyl (C=O) groups is 2. The first-order valence-corrected chi connectivity index (χ1v) is 6.07. The summed E-state index contributed by atoms with van der Waals surface area (Å²) in [7, 11) is 1.38. The van der Waals surface area contributed by atoms with Crippen LogP contribution in [0.15, 0.2) is 12.3 Å². The van der Waals surface area contributed by atoms with Crippen LogP contribution in [0.3, 0.4) is 0 Å². The van der Waals surface area contributed by atoms with Crippen molar-refractivity contribution in [3.05, 3.63) is 17.8 Å². The zero-order valence-corrected chi connectivity index (χ0v) is 14.5. The Morgan fingerprint density at radius 1 is 1.32 bits per heavy atom. The van der Waals surface area contributed by atoms with E-state index in [9.17, 15) is 9.59 Å². The van der Waals surface area contributed by atoms with E-state index in [-0.39, 0.29) is 47.6 Å². The molecule has 0 fully saturated rings. The van der Waals surface area contributed by atoms with Gasteiger partial charge in [-0.15, -0.1) is 24.8 Å². The maximum atomic E-state index is 12.0. The predicted molar refractivity (Wildman–Crippen MR) is 89.9 cm³/mol. The zero-order chi connectivity index (χ0) is 15.5. The van der Waals surface area contributed by atoms with E-state index in [1.165, 1.54) is 19.4 Å². The van der Waals surface area contributed by atoms with Gasteiger partial charge in [-0.1, -0.05) is 20.8 Å². The molecular formula is C13H22Cl2N4O3. The highest BCUT2D eigenvalue weighted by Gasteiger charge is 2.27. The third-order valence-corrected chi connectivity index (χ3v) is 2.79. The topological polar surface area (TPSA) is 120 Å². The molecule has 1 heterocycles. The molecule has 0 aliphatic rings. The standard InChI is InChI=1S/C13H20N4O3.2ClH/c1-13(2,3)9(14)11(19)17-7-5-8(10(15)18)12(20-4)16-6-7;;/h5-6,9H,14H2,1-4H3,(H2,15,18)(H,17,19);2*1H/t9-;;/m1../s1. The number of hydrogen-bond donors (Lipinski definition) is 3. The van der Waals surface area contributed by atoms with Crippen LogP contribution in [0.25, 0.3) is 0 Å². The number of carbonyl (C=O) groups excluding carboxylic acids is 2. The lowest BCUT2D eigenvalue weighted by atomic mass is 9.87. The van der Waals surface area contributed by atoms with Crippen molar-refractivity contribution in [2.45, 2.75) is 26.8 Å². The maximum Gasteiger partial charge on any atom is 0.254 e. The van der Waals surface area contributed by atoms with Gasteiger partial charge in [-0.2, -0.15) is 0 Å². The SMILES string of the molecule is COc1ncc(NC(=O)[C@@H](N)C(C)(C)C)cc1C(N)=O.Cl.Cl. The van der Waals surface area contributed by atoms with Crippen LogP contribution in [0.1, 0.15) is 31.1 Å². The molecule has 9 heteroatoms. The Kier molecular flexibility index (Phi) is 9.05. The molecule has 7 nitrogen and oxygen atoms in total. The first-order chi connectivity index (χ1) is 9.16. The summed E-state index contributed by atoms with van der Waals surface area (Å²) in [5, 5.41) is 2.61. The monoisotopic (exact) mass is 352 g/mol. The number of hydrogen-bond acceptors (Lipinski definition) is 5. The molecule has 0 radical (unpaired) electrons. The van der Waals surface area contributed by atoms with Gasteiger partial charge in [0, 0.05) is 0 Å². The van der Waals surface area contributed by atoms with E-state index in [0.29, 0.717) is 5.69 Å². The highest BCUT2D eigenvalue weighted by Crippen LogP contribution is 2.21. The Morgan fingerprint density at radius 2 is 1.86 bits per heavy atom. The summed E-state index contributed by atoms with van der Waals surface area (Å²) in [6.45, 7) is 5.58. The number of aromatic nitrogens is 1. The second-order valence-electron chi connectivity index (χ2n) is 5.48. The van der Waals surface area contributed by atoms with E-state index in [0.717, 1.165) is 0 Å². The molecule has 0 saturated carbocycles. The summed E-state index contributed by atoms with van der Waals surface area (Å²) in [6, 6.07) is 0.711. The minimum atomic E-state index is -0.693. The number of amides is 2. The molecule has 0 aromatic carbocycles. The second kappa shape index (κ2) is 8.77. The minimum Gasteiger partial charge on any atom is -0.480 e. The molecule has 1 rings (SSSR count). The van der Waals surface area contributed by atoms with Crippen molar-refractivity contribution in [2.24, 2.45) is 16.9 Å². The van der Waals surface area contributed by atoms with Crippen LogP contribution in [-0.2, 0) is 4.79 Å². The average molecular weight is 353 g/mol. The fourth-order valence-corrected chi connectivity index (χ4v) is 1.47. The van der Waals surface area contributed by atoms with E-state index < -0.39 is 11.9 Å². The Balaban J connectivity index is 0. The molecule has 1 aromatic heterocycles. The molecule has 22 heavy (non-hydrogen) atoms. The van der Waals surface area contributed by atoms with Crippen molar-refractivity contribution in [1.29, 1.82) is 0 Å². The lowest BCUT2D eigenvalue weighted by Gasteiger charge is -2.25. The van der Waals surface area contributed by atoms with Gasteiger partial charge in [-0.25, -0.2) is 4.98 Å². The fourth-order valence-electron chi connectivity index (χ4n) is 1.47. The van der Waals surface area contributed by atoms with Crippen LogP contribution in [0, 0.1) is 5.41 Å². The molecule has 0 unspecified atom stereocenters. The summed E-state index contributed by atoms with van der Waals surface area (Å²) in [5.74, 6) is -0.943. The molecule has 0 bridgehead atoms. The molecule has 5 N–H and O–H groups in total. The van der Waals surface area contributed by atoms with Crippen molar-refractivity contribution in [1.82, 2.24) is 4.98 Å². The molecule has 0 spiro atoms. The number of anilines is 1. The van der Waals surface area contributed by atoms with Crippen molar-refractivity contribution in [3.63, 3.8) is 0 Å². The average Bonchev–Trinajstić information content (AvgIpc) is 2.36. The molecule has 0 aliphatic carbocycles. The van der Waals surface area contributed by atoms with Crippen LogP contribution in [0.4, 0.5) is 5.69 Å². The summed E-state index contributed by atoms with van der Waals surface area (Å²) < 4.78 is 4.92. The highest BCUT2D eigenvalue weighted by molar-refractivity contribution is 5.99. The summed E-state index contributed by atoms with van der Waals surface area (Å²) in [5.41, 5.74) is 11.1. The molecule has 1 aromatic rings. The Labute approximate surface area is 142 Å². The smallest absolute Gasteiger partial charge is 0.254 e. The quantitative estimate of drug-likeness (QED) is 0.754. The lowest BCUT2D eigenvalue weighted by molar-refractivity contribution is -0.119. The number of nitrogens with zero attached hydrogens (tertiary/aromatic N) is 1. The van der Waals surface area contributed by atoms with E-state index in [4.69, 9.17) is 16.2 Å². The Morgan fingerprint density at radius 3 is 2.27 bits per heavy atom. The molecular weight excluding hydrogens is 331 g/mol. The van der Waals surface area contributed by atoms with Crippen molar-refractivity contribution in [3.8, 4) is 5.88 Å². The molecule has 126 valence electrons. The summed E-state index contributed by atoms with van der Waals surface area (Å²) in [6.07, 6.45) is 1.37. The van der Waals surface area contributed by atoms with Crippen LogP contribution in [-0.4, -0.2) is 29.9 Å². The molecule has 2 amide bonds. The largest absolute Gasteiger partial charge is 0.480 e. The molecule has 1 atom stereocenters. The molecule has 0 aliphatic heterocycles. The van der Waals surface area contributed by atoms with Crippen LogP contribution in [0.2, 0.25) is 0 Å². The van der Waals surface area contributed by atoms with Crippen LogP contribution in [0.5, 0.6) is 5.88 Å². The van der Waals surface area contributed by atoms with Gasteiger partial charge >= 0.3 is 0 Å². The fraction of sp³-hybridized carbons (Fsp3) is 0.462. The van der Waals surface area contributed by atoms with Crippen molar-refractivity contribution >= 4 is 42.3 Å². The summed E-state index contributed by atoms with van der Waals surface area (Å²) in [4.78, 5) is 27.2. The normalized spacial score (nSPS) is 11.5. The van der Waals surface area contributed by atoms with Gasteiger partial charge in [0.15, 0.2) is 0 Å². The van der Waals surface area contributed by atoms with Gasteiger partial charge < -0.3 is 21.5 Å². The van der Waals surface area contributed by atoms with Crippen LogP contribution >= 0.6 is 24.8 Å². The zero-order valence-electron chi connectivity index (χ0n) is 12.9. The number of halogens is 2.